The van der Waals surface area contributed by atoms with Crippen molar-refractivity contribution in [3.8, 4) is 5.75 Å². The van der Waals surface area contributed by atoms with Gasteiger partial charge in [-0.2, -0.15) is 5.10 Å². The molecule has 3 N–H and O–H groups in total. The Morgan fingerprint density at radius 3 is 2.69 bits per heavy atom. The molecule has 0 radical (unpaired) electrons. The topological polar surface area (TPSA) is 59.3 Å². The van der Waals surface area contributed by atoms with Crippen LogP contribution in [0, 0.1) is 0 Å². The summed E-state index contributed by atoms with van der Waals surface area (Å²) in [7, 11) is 3.39. The minimum absolute atomic E-state index is 0.493. The summed E-state index contributed by atoms with van der Waals surface area (Å²) in [6.07, 6.45) is 3.99. The van der Waals surface area contributed by atoms with Crippen LogP contribution in [0.25, 0.3) is 0 Å². The zero-order valence-electron chi connectivity index (χ0n) is 16.1. The summed E-state index contributed by atoms with van der Waals surface area (Å²) in [5, 5.41) is 7.92. The average Bonchev–Trinajstić information content (AvgIpc) is 2.67. The lowest BCUT2D eigenvalue weighted by atomic mass is 10.0. The first-order valence-electron chi connectivity index (χ1n) is 9.22. The number of rotatable bonds is 8. The fourth-order valence-electron chi connectivity index (χ4n) is 3.14. The van der Waals surface area contributed by atoms with Gasteiger partial charge in [0, 0.05) is 19.2 Å². The predicted molar refractivity (Wildman–Crippen MR) is 109 cm³/mol. The minimum Gasteiger partial charge on any atom is -0.496 e. The number of methoxy groups -OCH3 is 2. The number of piperidine rings is 1. The Kier molecular flexibility index (Phi) is 8.80. The van der Waals surface area contributed by atoms with Crippen molar-refractivity contribution in [2.45, 2.75) is 32.7 Å². The number of nitrogens with zero attached hydrogens (tertiary/aromatic N) is 1. The molecule has 0 unspecified atom stereocenters. The molecule has 1 aromatic rings. The van der Waals surface area contributed by atoms with Gasteiger partial charge in [0.1, 0.15) is 12.3 Å². The van der Waals surface area contributed by atoms with Gasteiger partial charge in [-0.15, -0.1) is 0 Å². The van der Waals surface area contributed by atoms with Crippen LogP contribution in [0.4, 0.5) is 0 Å². The summed E-state index contributed by atoms with van der Waals surface area (Å²) in [6, 6.07) is 6.25. The molecule has 0 atom stereocenters. The van der Waals surface area contributed by atoms with Gasteiger partial charge in [0.25, 0.3) is 0 Å². The highest BCUT2D eigenvalue weighted by atomic mass is 32.1. The summed E-state index contributed by atoms with van der Waals surface area (Å²) in [6.45, 7) is 6.71. The zero-order chi connectivity index (χ0) is 18.8. The molecular formula is C19H31N4O2S+. The molecule has 1 saturated heterocycles. The van der Waals surface area contributed by atoms with Crippen LogP contribution in [0.5, 0.6) is 5.75 Å². The molecule has 1 aliphatic rings. The standard InChI is InChI=1S/C19H30N4O2S/c1-15(21-22-19(26)20-9-12-24-2)16-7-8-18(25-3)17(13-16)14-23-10-5-4-6-11-23/h7-8,13H,4-6,9-12,14H2,1-3H3,(H2,20,22,26)/p+1/b21-15-. The summed E-state index contributed by atoms with van der Waals surface area (Å²) in [4.78, 5) is 1.63. The van der Waals surface area contributed by atoms with Crippen LogP contribution in [0.2, 0.25) is 0 Å². The van der Waals surface area contributed by atoms with E-state index in [9.17, 15) is 0 Å². The fourth-order valence-corrected chi connectivity index (χ4v) is 3.29. The van der Waals surface area contributed by atoms with Crippen LogP contribution in [0.1, 0.15) is 37.3 Å². The molecule has 1 fully saturated rings. The zero-order valence-corrected chi connectivity index (χ0v) is 16.9. The van der Waals surface area contributed by atoms with Gasteiger partial charge in [-0.05, 0) is 62.2 Å². The van der Waals surface area contributed by atoms with Crippen LogP contribution in [-0.2, 0) is 11.3 Å². The van der Waals surface area contributed by atoms with E-state index >= 15 is 0 Å². The molecule has 1 heterocycles. The molecule has 2 rings (SSSR count). The van der Waals surface area contributed by atoms with Crippen LogP contribution in [-0.4, -0.2) is 51.3 Å². The molecule has 1 aliphatic heterocycles. The minimum atomic E-state index is 0.493. The first kappa shape index (κ1) is 20.6. The third-order valence-corrected chi connectivity index (χ3v) is 4.85. The Morgan fingerprint density at radius 2 is 2.00 bits per heavy atom. The summed E-state index contributed by atoms with van der Waals surface area (Å²) >= 11 is 5.20. The average molecular weight is 380 g/mol. The fraction of sp³-hybridized carbons (Fsp3) is 0.579. The van der Waals surface area contributed by atoms with E-state index in [-0.39, 0.29) is 0 Å². The van der Waals surface area contributed by atoms with Crippen LogP contribution >= 0.6 is 12.2 Å². The maximum Gasteiger partial charge on any atom is 0.187 e. The molecule has 144 valence electrons. The Morgan fingerprint density at radius 1 is 1.23 bits per heavy atom. The van der Waals surface area contributed by atoms with Crippen molar-refractivity contribution < 1.29 is 14.4 Å². The summed E-state index contributed by atoms with van der Waals surface area (Å²) in [5.41, 5.74) is 6.08. The molecule has 6 nitrogen and oxygen atoms in total. The highest BCUT2D eigenvalue weighted by Crippen LogP contribution is 2.20. The van der Waals surface area contributed by atoms with Gasteiger partial charge in [0.2, 0.25) is 0 Å². The quantitative estimate of drug-likeness (QED) is 0.273. The first-order valence-corrected chi connectivity index (χ1v) is 9.62. The van der Waals surface area contributed by atoms with Crippen molar-refractivity contribution in [2.24, 2.45) is 5.10 Å². The van der Waals surface area contributed by atoms with Crippen molar-refractivity contribution in [1.82, 2.24) is 10.7 Å². The van der Waals surface area contributed by atoms with Gasteiger partial charge in [-0.1, -0.05) is 0 Å². The third kappa shape index (κ3) is 6.55. The molecule has 0 aromatic heterocycles. The van der Waals surface area contributed by atoms with E-state index in [2.05, 4.69) is 21.9 Å². The van der Waals surface area contributed by atoms with Crippen molar-refractivity contribution >= 4 is 23.0 Å². The second kappa shape index (κ2) is 11.1. The molecule has 0 bridgehead atoms. The van der Waals surface area contributed by atoms with Gasteiger partial charge >= 0.3 is 0 Å². The van der Waals surface area contributed by atoms with Crippen molar-refractivity contribution in [3.05, 3.63) is 29.3 Å². The van der Waals surface area contributed by atoms with Gasteiger partial charge in [-0.3, -0.25) is 5.43 Å². The van der Waals surface area contributed by atoms with Gasteiger partial charge < -0.3 is 19.7 Å². The maximum absolute atomic E-state index is 5.56. The van der Waals surface area contributed by atoms with E-state index in [1.807, 2.05) is 19.1 Å². The smallest absolute Gasteiger partial charge is 0.187 e. The van der Waals surface area contributed by atoms with E-state index in [1.165, 1.54) is 37.9 Å². The first-order chi connectivity index (χ1) is 12.6. The van der Waals surface area contributed by atoms with Gasteiger partial charge in [-0.25, -0.2) is 0 Å². The largest absolute Gasteiger partial charge is 0.496 e. The Labute approximate surface area is 161 Å². The monoisotopic (exact) mass is 379 g/mol. The normalized spacial score (nSPS) is 15.6. The highest BCUT2D eigenvalue weighted by molar-refractivity contribution is 7.80. The molecular weight excluding hydrogens is 348 g/mol. The third-order valence-electron chi connectivity index (χ3n) is 4.62. The summed E-state index contributed by atoms with van der Waals surface area (Å²) < 4.78 is 10.5. The lowest BCUT2D eigenvalue weighted by molar-refractivity contribution is -0.918. The van der Waals surface area contributed by atoms with E-state index < -0.39 is 0 Å². The van der Waals surface area contributed by atoms with Gasteiger partial charge in [0.15, 0.2) is 5.11 Å². The molecule has 0 spiro atoms. The molecule has 0 aliphatic carbocycles. The van der Waals surface area contributed by atoms with E-state index in [0.717, 1.165) is 23.6 Å². The van der Waals surface area contributed by atoms with Crippen LogP contribution < -0.4 is 20.4 Å². The lowest BCUT2D eigenvalue weighted by Crippen LogP contribution is -3.11. The van der Waals surface area contributed by atoms with Crippen molar-refractivity contribution in [3.63, 3.8) is 0 Å². The number of benzene rings is 1. The molecule has 0 amide bonds. The van der Waals surface area contributed by atoms with E-state index in [1.54, 1.807) is 19.1 Å². The number of hydrogen-bond acceptors (Lipinski definition) is 4. The van der Waals surface area contributed by atoms with Gasteiger partial charge in [0.05, 0.1) is 32.5 Å². The van der Waals surface area contributed by atoms with E-state index in [0.29, 0.717) is 18.3 Å². The second-order valence-electron chi connectivity index (χ2n) is 6.57. The lowest BCUT2D eigenvalue weighted by Gasteiger charge is -2.24. The molecule has 1 aromatic carbocycles. The number of likely N-dealkylation sites (tertiary alicyclic amines) is 1. The van der Waals surface area contributed by atoms with Crippen molar-refractivity contribution in [2.75, 3.05) is 40.5 Å². The Bertz CT molecular complexity index is 616. The Hall–Kier alpha value is -1.70. The number of nitrogens with one attached hydrogen (secondary N) is 3. The van der Waals surface area contributed by atoms with E-state index in [4.69, 9.17) is 21.7 Å². The van der Waals surface area contributed by atoms with Crippen LogP contribution in [0.15, 0.2) is 23.3 Å². The number of hydrazone groups is 1. The number of quaternary nitrogens is 1. The molecule has 26 heavy (non-hydrogen) atoms. The molecule has 0 saturated carbocycles. The van der Waals surface area contributed by atoms with Crippen molar-refractivity contribution in [1.29, 1.82) is 0 Å². The SMILES string of the molecule is COCCNC(=S)N/N=C(/C)c1ccc(OC)c(C[NH+]2CCCCC2)c1. The number of thiocarbonyl (C=S) groups is 1. The maximum atomic E-state index is 5.56. The predicted octanol–water partition coefficient (Wildman–Crippen LogP) is 1.10. The molecule has 7 heteroatoms. The highest BCUT2D eigenvalue weighted by Gasteiger charge is 2.17. The Balaban J connectivity index is 2.02. The number of hydrogen-bond donors (Lipinski definition) is 3. The second-order valence-corrected chi connectivity index (χ2v) is 6.98. The number of ether oxygens (including phenoxy) is 2. The van der Waals surface area contributed by atoms with Crippen LogP contribution in [0.3, 0.4) is 0 Å². The summed E-state index contributed by atoms with van der Waals surface area (Å²) in [5.74, 6) is 0.948.